The van der Waals surface area contributed by atoms with Crippen molar-refractivity contribution in [1.82, 2.24) is 20.4 Å². The molecule has 5 nitrogen and oxygen atoms in total. The Labute approximate surface area is 102 Å². The molecular formula is C12H20N4O. The highest BCUT2D eigenvalue weighted by molar-refractivity contribution is 4.87. The van der Waals surface area contributed by atoms with E-state index in [1.54, 1.807) is 0 Å². The quantitative estimate of drug-likeness (QED) is 0.825. The fraction of sp³-hybridized carbons (Fsp3) is 0.833. The van der Waals surface area contributed by atoms with E-state index in [-0.39, 0.29) is 0 Å². The predicted molar refractivity (Wildman–Crippen MR) is 63.4 cm³/mol. The van der Waals surface area contributed by atoms with E-state index in [0.29, 0.717) is 0 Å². The summed E-state index contributed by atoms with van der Waals surface area (Å²) in [7, 11) is 0. The molecule has 1 N–H and O–H groups in total. The zero-order chi connectivity index (χ0) is 11.7. The third-order valence-electron chi connectivity index (χ3n) is 3.57. The van der Waals surface area contributed by atoms with E-state index in [1.807, 2.05) is 6.92 Å². The number of rotatable bonds is 5. The molecule has 2 fully saturated rings. The lowest BCUT2D eigenvalue weighted by Crippen LogP contribution is -2.27. The van der Waals surface area contributed by atoms with E-state index in [4.69, 9.17) is 4.52 Å². The van der Waals surface area contributed by atoms with E-state index in [9.17, 15) is 0 Å². The number of aromatic nitrogens is 2. The Morgan fingerprint density at radius 2 is 2.29 bits per heavy atom. The minimum absolute atomic E-state index is 0.728. The summed E-state index contributed by atoms with van der Waals surface area (Å²) in [5.74, 6) is 2.27. The topological polar surface area (TPSA) is 54.2 Å². The van der Waals surface area contributed by atoms with Crippen LogP contribution in [-0.4, -0.2) is 40.7 Å². The number of hydrogen-bond acceptors (Lipinski definition) is 5. The van der Waals surface area contributed by atoms with Crippen molar-refractivity contribution in [2.45, 2.75) is 38.8 Å². The maximum Gasteiger partial charge on any atom is 0.240 e. The minimum atomic E-state index is 0.728. The SMILES string of the molecule is Cc1noc(CN2CCC(CNC3CC3)C2)n1. The zero-order valence-electron chi connectivity index (χ0n) is 10.4. The summed E-state index contributed by atoms with van der Waals surface area (Å²) >= 11 is 0. The van der Waals surface area contributed by atoms with Gasteiger partial charge in [-0.2, -0.15) is 4.98 Å². The van der Waals surface area contributed by atoms with Gasteiger partial charge in [0.2, 0.25) is 5.89 Å². The van der Waals surface area contributed by atoms with Crippen LogP contribution in [0.5, 0.6) is 0 Å². The van der Waals surface area contributed by atoms with E-state index in [1.165, 1.54) is 25.8 Å². The smallest absolute Gasteiger partial charge is 0.240 e. The van der Waals surface area contributed by atoms with Crippen molar-refractivity contribution in [2.24, 2.45) is 5.92 Å². The molecule has 1 aromatic heterocycles. The van der Waals surface area contributed by atoms with Crippen molar-refractivity contribution in [2.75, 3.05) is 19.6 Å². The number of nitrogens with zero attached hydrogens (tertiary/aromatic N) is 3. The highest BCUT2D eigenvalue weighted by Gasteiger charge is 2.26. The molecule has 3 rings (SSSR count). The molecule has 94 valence electrons. The third kappa shape index (κ3) is 3.04. The van der Waals surface area contributed by atoms with Crippen LogP contribution >= 0.6 is 0 Å². The Kier molecular flexibility index (Phi) is 3.11. The Morgan fingerprint density at radius 3 is 3.00 bits per heavy atom. The largest absolute Gasteiger partial charge is 0.338 e. The summed E-state index contributed by atoms with van der Waals surface area (Å²) in [6, 6.07) is 0.822. The van der Waals surface area contributed by atoms with Crippen LogP contribution in [0.1, 0.15) is 31.0 Å². The first-order chi connectivity index (χ1) is 8.29. The van der Waals surface area contributed by atoms with Gasteiger partial charge in [0.15, 0.2) is 5.82 Å². The van der Waals surface area contributed by atoms with E-state index < -0.39 is 0 Å². The first-order valence-corrected chi connectivity index (χ1v) is 6.54. The van der Waals surface area contributed by atoms with Gasteiger partial charge in [-0.1, -0.05) is 5.16 Å². The molecule has 0 amide bonds. The minimum Gasteiger partial charge on any atom is -0.338 e. The summed E-state index contributed by atoms with van der Waals surface area (Å²) in [5.41, 5.74) is 0. The average Bonchev–Trinajstić information content (AvgIpc) is 2.90. The van der Waals surface area contributed by atoms with Crippen molar-refractivity contribution in [3.05, 3.63) is 11.7 Å². The van der Waals surface area contributed by atoms with Gasteiger partial charge in [0, 0.05) is 12.6 Å². The molecule has 1 aliphatic heterocycles. The van der Waals surface area contributed by atoms with Crippen LogP contribution in [0.25, 0.3) is 0 Å². The molecule has 1 aromatic rings. The van der Waals surface area contributed by atoms with Crippen LogP contribution in [0.4, 0.5) is 0 Å². The Hall–Kier alpha value is -0.940. The van der Waals surface area contributed by atoms with Gasteiger partial charge < -0.3 is 9.84 Å². The molecule has 2 heterocycles. The van der Waals surface area contributed by atoms with Crippen LogP contribution in [0.3, 0.4) is 0 Å². The molecule has 0 spiro atoms. The second-order valence-corrected chi connectivity index (χ2v) is 5.31. The highest BCUT2D eigenvalue weighted by atomic mass is 16.5. The van der Waals surface area contributed by atoms with Crippen LogP contribution in [0, 0.1) is 12.8 Å². The molecule has 17 heavy (non-hydrogen) atoms. The lowest BCUT2D eigenvalue weighted by atomic mass is 10.1. The van der Waals surface area contributed by atoms with Crippen LogP contribution in [-0.2, 0) is 6.54 Å². The van der Waals surface area contributed by atoms with Crippen molar-refractivity contribution < 1.29 is 4.52 Å². The molecule has 1 unspecified atom stereocenters. The summed E-state index contributed by atoms with van der Waals surface area (Å²) in [6.07, 6.45) is 4.03. The summed E-state index contributed by atoms with van der Waals surface area (Å²) in [5, 5.41) is 7.43. The lowest BCUT2D eigenvalue weighted by molar-refractivity contribution is 0.259. The summed E-state index contributed by atoms with van der Waals surface area (Å²) in [6.45, 7) is 6.14. The zero-order valence-corrected chi connectivity index (χ0v) is 10.4. The van der Waals surface area contributed by atoms with E-state index in [0.717, 1.165) is 43.3 Å². The molecule has 2 aliphatic rings. The molecule has 1 atom stereocenters. The highest BCUT2D eigenvalue weighted by Crippen LogP contribution is 2.22. The van der Waals surface area contributed by atoms with Gasteiger partial charge in [0.1, 0.15) is 0 Å². The molecule has 5 heteroatoms. The normalized spacial score (nSPS) is 25.6. The van der Waals surface area contributed by atoms with Gasteiger partial charge in [0.05, 0.1) is 6.54 Å². The van der Waals surface area contributed by atoms with Gasteiger partial charge in [-0.15, -0.1) is 0 Å². The van der Waals surface area contributed by atoms with E-state index >= 15 is 0 Å². The number of hydrogen-bond donors (Lipinski definition) is 1. The fourth-order valence-corrected chi connectivity index (χ4v) is 2.44. The lowest BCUT2D eigenvalue weighted by Gasteiger charge is -2.13. The van der Waals surface area contributed by atoms with Crippen molar-refractivity contribution >= 4 is 0 Å². The summed E-state index contributed by atoms with van der Waals surface area (Å²) < 4.78 is 5.15. The standard InChI is InChI=1S/C12H20N4O/c1-9-14-12(17-15-9)8-16-5-4-10(7-16)6-13-11-2-3-11/h10-11,13H,2-8H2,1H3. The molecule has 0 aromatic carbocycles. The number of aryl methyl sites for hydroxylation is 1. The molecule has 0 bridgehead atoms. The Morgan fingerprint density at radius 1 is 1.41 bits per heavy atom. The van der Waals surface area contributed by atoms with Gasteiger partial charge in [-0.05, 0) is 45.2 Å². The first kappa shape index (κ1) is 11.2. The summed E-state index contributed by atoms with van der Waals surface area (Å²) in [4.78, 5) is 6.66. The molecule has 1 aliphatic carbocycles. The third-order valence-corrected chi connectivity index (χ3v) is 3.57. The monoisotopic (exact) mass is 236 g/mol. The number of nitrogens with one attached hydrogen (secondary N) is 1. The van der Waals surface area contributed by atoms with Gasteiger partial charge in [-0.3, -0.25) is 4.90 Å². The van der Waals surface area contributed by atoms with Gasteiger partial charge in [0.25, 0.3) is 0 Å². The van der Waals surface area contributed by atoms with Crippen molar-refractivity contribution in [3.8, 4) is 0 Å². The maximum atomic E-state index is 5.15. The van der Waals surface area contributed by atoms with Crippen LogP contribution in [0.15, 0.2) is 4.52 Å². The molecule has 0 radical (unpaired) electrons. The van der Waals surface area contributed by atoms with Crippen LogP contribution < -0.4 is 5.32 Å². The molecular weight excluding hydrogens is 216 g/mol. The second kappa shape index (κ2) is 4.74. The predicted octanol–water partition coefficient (Wildman–Crippen LogP) is 0.952. The second-order valence-electron chi connectivity index (χ2n) is 5.31. The van der Waals surface area contributed by atoms with E-state index in [2.05, 4.69) is 20.4 Å². The van der Waals surface area contributed by atoms with Crippen molar-refractivity contribution in [1.29, 1.82) is 0 Å². The molecule has 1 saturated carbocycles. The first-order valence-electron chi connectivity index (χ1n) is 6.54. The van der Waals surface area contributed by atoms with Crippen LogP contribution in [0.2, 0.25) is 0 Å². The van der Waals surface area contributed by atoms with Gasteiger partial charge >= 0.3 is 0 Å². The molecule has 1 saturated heterocycles. The van der Waals surface area contributed by atoms with Crippen molar-refractivity contribution in [3.63, 3.8) is 0 Å². The van der Waals surface area contributed by atoms with Gasteiger partial charge in [-0.25, -0.2) is 0 Å². The Bertz CT molecular complexity index is 374. The maximum absolute atomic E-state index is 5.15. The average molecular weight is 236 g/mol. The Balaban J connectivity index is 1.43. The number of likely N-dealkylation sites (tertiary alicyclic amines) is 1. The fourth-order valence-electron chi connectivity index (χ4n) is 2.44.